The number of rotatable bonds is 7. The first-order chi connectivity index (χ1) is 12.8. The maximum atomic E-state index is 12.4. The number of nitriles is 1. The average molecular weight is 409 g/mol. The minimum absolute atomic E-state index is 0.108. The van der Waals surface area contributed by atoms with Gasteiger partial charge in [0.1, 0.15) is 10.7 Å². The predicted molar refractivity (Wildman–Crippen MR) is 101 cm³/mol. The standard InChI is InChI=1S/C18H18Cl2N4O3/c1-12-16(18(26)27-11-15(25)23(2)9-5-8-21)17(20)24(22-12)10-13-6-3-4-7-14(13)19/h3-4,6-7H,5,9-11H2,1-2H3. The molecule has 27 heavy (non-hydrogen) atoms. The lowest BCUT2D eigenvalue weighted by Gasteiger charge is -2.15. The summed E-state index contributed by atoms with van der Waals surface area (Å²) in [6.07, 6.45) is 0.204. The molecule has 1 aromatic heterocycles. The van der Waals surface area contributed by atoms with E-state index in [1.807, 2.05) is 24.3 Å². The average Bonchev–Trinajstić information content (AvgIpc) is 2.92. The van der Waals surface area contributed by atoms with Crippen molar-refractivity contribution in [2.75, 3.05) is 20.2 Å². The summed E-state index contributed by atoms with van der Waals surface area (Å²) >= 11 is 12.4. The number of benzene rings is 1. The summed E-state index contributed by atoms with van der Waals surface area (Å²) in [6, 6.07) is 9.19. The highest BCUT2D eigenvalue weighted by molar-refractivity contribution is 6.33. The molecule has 0 aliphatic heterocycles. The minimum atomic E-state index is -0.732. The first-order valence-electron chi connectivity index (χ1n) is 8.09. The number of nitrogens with zero attached hydrogens (tertiary/aromatic N) is 4. The fraction of sp³-hybridized carbons (Fsp3) is 0.333. The highest BCUT2D eigenvalue weighted by Gasteiger charge is 2.23. The van der Waals surface area contributed by atoms with Crippen molar-refractivity contribution in [2.45, 2.75) is 19.9 Å². The summed E-state index contributed by atoms with van der Waals surface area (Å²) in [5.74, 6) is -1.14. The number of likely N-dealkylation sites (N-methyl/N-ethyl adjacent to an activating group) is 1. The van der Waals surface area contributed by atoms with E-state index in [-0.39, 0.29) is 23.7 Å². The molecule has 2 aromatic rings. The van der Waals surface area contributed by atoms with E-state index in [9.17, 15) is 9.59 Å². The van der Waals surface area contributed by atoms with Gasteiger partial charge in [-0.3, -0.25) is 4.79 Å². The number of amides is 1. The molecule has 0 unspecified atom stereocenters. The molecule has 0 saturated heterocycles. The van der Waals surface area contributed by atoms with Crippen LogP contribution in [-0.2, 0) is 16.1 Å². The molecule has 0 N–H and O–H groups in total. The molecule has 142 valence electrons. The van der Waals surface area contributed by atoms with Crippen LogP contribution in [0.4, 0.5) is 0 Å². The van der Waals surface area contributed by atoms with Gasteiger partial charge < -0.3 is 9.64 Å². The Morgan fingerprint density at radius 2 is 2.04 bits per heavy atom. The highest BCUT2D eigenvalue weighted by Crippen LogP contribution is 2.24. The van der Waals surface area contributed by atoms with Crippen molar-refractivity contribution >= 4 is 35.1 Å². The zero-order chi connectivity index (χ0) is 20.0. The van der Waals surface area contributed by atoms with Crippen molar-refractivity contribution in [1.82, 2.24) is 14.7 Å². The SMILES string of the molecule is Cc1nn(Cc2ccccc2Cl)c(Cl)c1C(=O)OCC(=O)N(C)CCC#N. The number of aryl methyl sites for hydroxylation is 1. The zero-order valence-electron chi connectivity index (χ0n) is 14.9. The molecule has 9 heteroatoms. The van der Waals surface area contributed by atoms with Gasteiger partial charge in [-0.2, -0.15) is 10.4 Å². The Hall–Kier alpha value is -2.56. The number of hydrogen-bond acceptors (Lipinski definition) is 5. The molecule has 0 radical (unpaired) electrons. The molecule has 7 nitrogen and oxygen atoms in total. The van der Waals surface area contributed by atoms with E-state index < -0.39 is 18.5 Å². The number of carbonyl (C=O) groups is 2. The van der Waals surface area contributed by atoms with Gasteiger partial charge in [-0.25, -0.2) is 9.48 Å². The van der Waals surface area contributed by atoms with Crippen LogP contribution in [0.3, 0.4) is 0 Å². The van der Waals surface area contributed by atoms with E-state index in [1.165, 1.54) is 16.6 Å². The van der Waals surface area contributed by atoms with Crippen molar-refractivity contribution in [2.24, 2.45) is 0 Å². The fourth-order valence-corrected chi connectivity index (χ4v) is 2.84. The fourth-order valence-electron chi connectivity index (χ4n) is 2.33. The third-order valence-electron chi connectivity index (χ3n) is 3.86. The smallest absolute Gasteiger partial charge is 0.343 e. The van der Waals surface area contributed by atoms with Crippen molar-refractivity contribution in [3.8, 4) is 6.07 Å². The van der Waals surface area contributed by atoms with Crippen LogP contribution in [0, 0.1) is 18.3 Å². The maximum absolute atomic E-state index is 12.4. The normalized spacial score (nSPS) is 10.3. The van der Waals surface area contributed by atoms with Crippen LogP contribution in [0.15, 0.2) is 24.3 Å². The predicted octanol–water partition coefficient (Wildman–Crippen LogP) is 3.08. The number of ether oxygens (including phenoxy) is 1. The highest BCUT2D eigenvalue weighted by atomic mass is 35.5. The van der Waals surface area contributed by atoms with Crippen LogP contribution in [0.2, 0.25) is 10.2 Å². The van der Waals surface area contributed by atoms with Gasteiger partial charge >= 0.3 is 5.97 Å². The maximum Gasteiger partial charge on any atom is 0.343 e. The van der Waals surface area contributed by atoms with Crippen LogP contribution in [-0.4, -0.2) is 46.8 Å². The van der Waals surface area contributed by atoms with Crippen LogP contribution in [0.1, 0.15) is 28.0 Å². The third kappa shape index (κ3) is 5.22. The Kier molecular flexibility index (Phi) is 7.22. The molecule has 0 fully saturated rings. The van der Waals surface area contributed by atoms with Crippen LogP contribution < -0.4 is 0 Å². The molecular weight excluding hydrogens is 391 g/mol. The Labute approximate surface area is 167 Å². The third-order valence-corrected chi connectivity index (χ3v) is 4.61. The van der Waals surface area contributed by atoms with E-state index in [0.717, 1.165) is 5.56 Å². The Morgan fingerprint density at radius 1 is 1.33 bits per heavy atom. The van der Waals surface area contributed by atoms with Crippen molar-refractivity contribution < 1.29 is 14.3 Å². The zero-order valence-corrected chi connectivity index (χ0v) is 16.4. The molecule has 1 heterocycles. The molecule has 2 rings (SSSR count). The quantitative estimate of drug-likeness (QED) is 0.656. The van der Waals surface area contributed by atoms with Crippen LogP contribution >= 0.6 is 23.2 Å². The molecule has 0 saturated carbocycles. The minimum Gasteiger partial charge on any atom is -0.452 e. The van der Waals surface area contributed by atoms with Gasteiger partial charge in [-0.05, 0) is 18.6 Å². The Morgan fingerprint density at radius 3 is 2.70 bits per heavy atom. The molecular formula is C18H18Cl2N4O3. The van der Waals surface area contributed by atoms with E-state index >= 15 is 0 Å². The topological polar surface area (TPSA) is 88.2 Å². The van der Waals surface area contributed by atoms with Gasteiger partial charge in [0.05, 0.1) is 24.7 Å². The van der Waals surface area contributed by atoms with E-state index in [0.29, 0.717) is 17.3 Å². The number of aromatic nitrogens is 2. The first-order valence-corrected chi connectivity index (χ1v) is 8.85. The van der Waals surface area contributed by atoms with E-state index in [1.54, 1.807) is 13.0 Å². The lowest BCUT2D eigenvalue weighted by atomic mass is 10.2. The van der Waals surface area contributed by atoms with Crippen molar-refractivity contribution in [1.29, 1.82) is 5.26 Å². The second-order valence-electron chi connectivity index (χ2n) is 5.80. The molecule has 0 bridgehead atoms. The lowest BCUT2D eigenvalue weighted by Crippen LogP contribution is -2.32. The van der Waals surface area contributed by atoms with Crippen LogP contribution in [0.5, 0.6) is 0 Å². The molecule has 0 aliphatic carbocycles. The Bertz CT molecular complexity index is 889. The second kappa shape index (κ2) is 9.40. The second-order valence-corrected chi connectivity index (χ2v) is 6.57. The summed E-state index contributed by atoms with van der Waals surface area (Å²) in [5.41, 5.74) is 1.30. The molecule has 0 atom stereocenters. The van der Waals surface area contributed by atoms with E-state index in [4.69, 9.17) is 33.2 Å². The number of carbonyl (C=O) groups excluding carboxylic acids is 2. The van der Waals surface area contributed by atoms with Gasteiger partial charge in [-0.15, -0.1) is 0 Å². The summed E-state index contributed by atoms with van der Waals surface area (Å²) in [7, 11) is 1.54. The lowest BCUT2D eigenvalue weighted by molar-refractivity contribution is -0.133. The monoisotopic (exact) mass is 408 g/mol. The van der Waals surface area contributed by atoms with Crippen molar-refractivity contribution in [3.63, 3.8) is 0 Å². The summed E-state index contributed by atoms with van der Waals surface area (Å²) < 4.78 is 6.52. The van der Waals surface area contributed by atoms with Crippen LogP contribution in [0.25, 0.3) is 0 Å². The Balaban J connectivity index is 2.07. The number of hydrogen-bond donors (Lipinski definition) is 0. The van der Waals surface area contributed by atoms with Gasteiger partial charge in [0.15, 0.2) is 6.61 Å². The van der Waals surface area contributed by atoms with Crippen molar-refractivity contribution in [3.05, 3.63) is 51.3 Å². The molecule has 1 amide bonds. The van der Waals surface area contributed by atoms with Gasteiger partial charge in [0.2, 0.25) is 0 Å². The first kappa shape index (κ1) is 20.7. The van der Waals surface area contributed by atoms with Gasteiger partial charge in [-0.1, -0.05) is 41.4 Å². The summed E-state index contributed by atoms with van der Waals surface area (Å²) in [6.45, 7) is 1.75. The molecule has 0 spiro atoms. The number of esters is 1. The summed E-state index contributed by atoms with van der Waals surface area (Å²) in [4.78, 5) is 25.6. The molecule has 0 aliphatic rings. The summed E-state index contributed by atoms with van der Waals surface area (Å²) in [5, 5.41) is 13.5. The largest absolute Gasteiger partial charge is 0.452 e. The number of halogens is 2. The van der Waals surface area contributed by atoms with Gasteiger partial charge in [0.25, 0.3) is 5.91 Å². The van der Waals surface area contributed by atoms with Gasteiger partial charge in [0, 0.05) is 18.6 Å². The van der Waals surface area contributed by atoms with E-state index in [2.05, 4.69) is 5.10 Å². The molecule has 1 aromatic carbocycles.